The number of para-hydroxylation sites is 1. The molecular weight excluding hydrogens is 275 g/mol. The molecule has 0 aliphatic rings. The highest BCUT2D eigenvalue weighted by Crippen LogP contribution is 2.27. The molecular formula is C16H17FO4. The van der Waals surface area contributed by atoms with E-state index in [2.05, 4.69) is 0 Å². The van der Waals surface area contributed by atoms with E-state index in [0.29, 0.717) is 5.75 Å². The molecule has 0 spiro atoms. The number of phenols is 1. The van der Waals surface area contributed by atoms with Gasteiger partial charge in [0.15, 0.2) is 11.6 Å². The van der Waals surface area contributed by atoms with Gasteiger partial charge < -0.3 is 20.1 Å². The van der Waals surface area contributed by atoms with E-state index < -0.39 is 23.8 Å². The van der Waals surface area contributed by atoms with Crippen molar-refractivity contribution in [1.29, 1.82) is 0 Å². The fraction of sp³-hybridized carbons (Fsp3) is 0.250. The summed E-state index contributed by atoms with van der Waals surface area (Å²) in [5, 5.41) is 28.6. The number of rotatable bonds is 6. The van der Waals surface area contributed by atoms with Crippen LogP contribution in [-0.4, -0.2) is 28.0 Å². The molecule has 0 amide bonds. The Bertz CT molecular complexity index is 574. The van der Waals surface area contributed by atoms with Crippen molar-refractivity contribution in [2.24, 2.45) is 0 Å². The highest BCUT2D eigenvalue weighted by Gasteiger charge is 2.23. The third kappa shape index (κ3) is 3.93. The van der Waals surface area contributed by atoms with Crippen molar-refractivity contribution in [1.82, 2.24) is 0 Å². The van der Waals surface area contributed by atoms with Crippen LogP contribution in [0.5, 0.6) is 11.5 Å². The van der Waals surface area contributed by atoms with Crippen molar-refractivity contribution < 1.29 is 24.4 Å². The maximum Gasteiger partial charge on any atom is 0.165 e. The topological polar surface area (TPSA) is 69.9 Å². The van der Waals surface area contributed by atoms with Gasteiger partial charge in [0.05, 0.1) is 0 Å². The Labute approximate surface area is 122 Å². The number of hydrogen-bond donors (Lipinski definition) is 3. The van der Waals surface area contributed by atoms with Crippen LogP contribution in [-0.2, 0) is 0 Å². The normalized spacial score (nSPS) is 13.7. The number of phenolic OH excluding ortho intramolecular Hbond substituents is 1. The number of aromatic hydroxyl groups is 1. The molecule has 112 valence electrons. The van der Waals surface area contributed by atoms with Crippen LogP contribution < -0.4 is 4.74 Å². The van der Waals surface area contributed by atoms with Crippen molar-refractivity contribution in [3.8, 4) is 11.5 Å². The number of benzene rings is 2. The third-order valence-electron chi connectivity index (χ3n) is 3.11. The molecule has 3 N–H and O–H groups in total. The Hall–Kier alpha value is -2.11. The molecule has 2 aromatic rings. The van der Waals surface area contributed by atoms with E-state index in [0.717, 1.165) is 6.07 Å². The summed E-state index contributed by atoms with van der Waals surface area (Å²) in [6, 6.07) is 12.5. The molecule has 0 aliphatic carbocycles. The van der Waals surface area contributed by atoms with Crippen LogP contribution in [0.2, 0.25) is 0 Å². The quantitative estimate of drug-likeness (QED) is 0.764. The Morgan fingerprint density at radius 3 is 2.43 bits per heavy atom. The minimum absolute atomic E-state index is 0.172. The minimum atomic E-state index is -1.12. The average Bonchev–Trinajstić information content (AvgIpc) is 2.50. The summed E-state index contributed by atoms with van der Waals surface area (Å²) in [7, 11) is 0. The van der Waals surface area contributed by atoms with Crippen LogP contribution in [0, 0.1) is 5.82 Å². The zero-order valence-electron chi connectivity index (χ0n) is 11.3. The van der Waals surface area contributed by atoms with Crippen molar-refractivity contribution in [2.75, 3.05) is 6.61 Å². The van der Waals surface area contributed by atoms with E-state index in [4.69, 9.17) is 9.84 Å². The first kappa shape index (κ1) is 15.3. The summed E-state index contributed by atoms with van der Waals surface area (Å²) in [5.41, 5.74) is 0.277. The van der Waals surface area contributed by atoms with Gasteiger partial charge in [0.25, 0.3) is 0 Å². The number of halogens is 1. The average molecular weight is 292 g/mol. The lowest BCUT2D eigenvalue weighted by Crippen LogP contribution is -2.26. The van der Waals surface area contributed by atoms with Crippen LogP contribution in [0.25, 0.3) is 0 Å². The summed E-state index contributed by atoms with van der Waals surface area (Å²) >= 11 is 0. The molecule has 0 bridgehead atoms. The fourth-order valence-electron chi connectivity index (χ4n) is 2.00. The molecule has 0 fully saturated rings. The van der Waals surface area contributed by atoms with E-state index in [1.807, 2.05) is 6.07 Å². The second-order valence-electron chi connectivity index (χ2n) is 4.64. The van der Waals surface area contributed by atoms with E-state index >= 15 is 0 Å². The molecule has 2 atom stereocenters. The zero-order valence-corrected chi connectivity index (χ0v) is 11.3. The van der Waals surface area contributed by atoms with Gasteiger partial charge in [0, 0.05) is 13.0 Å². The number of aliphatic hydroxyl groups excluding tert-OH is 2. The standard InChI is InChI=1S/C16H17FO4/c17-13-10-11(6-7-14(13)19)16(20)15(8-9-18)21-12-4-2-1-3-5-12/h1-7,10,15-16,18-20H,8-9H2/t15-,16-/m1/s1. The smallest absolute Gasteiger partial charge is 0.165 e. The Kier molecular flexibility index (Phi) is 5.14. The van der Waals surface area contributed by atoms with Gasteiger partial charge in [0.1, 0.15) is 18.0 Å². The van der Waals surface area contributed by atoms with Gasteiger partial charge in [0.2, 0.25) is 0 Å². The maximum absolute atomic E-state index is 13.4. The largest absolute Gasteiger partial charge is 0.505 e. The third-order valence-corrected chi connectivity index (χ3v) is 3.11. The van der Waals surface area contributed by atoms with Crippen molar-refractivity contribution >= 4 is 0 Å². The second kappa shape index (κ2) is 7.06. The lowest BCUT2D eigenvalue weighted by Gasteiger charge is -2.24. The van der Waals surface area contributed by atoms with E-state index in [1.54, 1.807) is 24.3 Å². The maximum atomic E-state index is 13.4. The first-order valence-corrected chi connectivity index (χ1v) is 6.61. The second-order valence-corrected chi connectivity index (χ2v) is 4.64. The molecule has 2 rings (SSSR count). The van der Waals surface area contributed by atoms with E-state index in [1.165, 1.54) is 12.1 Å². The number of hydrogen-bond acceptors (Lipinski definition) is 4. The van der Waals surface area contributed by atoms with E-state index in [-0.39, 0.29) is 18.6 Å². The lowest BCUT2D eigenvalue weighted by atomic mass is 10.0. The molecule has 4 nitrogen and oxygen atoms in total. The molecule has 0 heterocycles. The summed E-state index contributed by atoms with van der Waals surface area (Å²) in [5.74, 6) is -0.739. The predicted octanol–water partition coefficient (Wildman–Crippen LogP) is 2.39. The zero-order chi connectivity index (χ0) is 15.2. The van der Waals surface area contributed by atoms with Crippen LogP contribution in [0.15, 0.2) is 48.5 Å². The Morgan fingerprint density at radius 2 is 1.81 bits per heavy atom. The molecule has 0 saturated carbocycles. The molecule has 0 saturated heterocycles. The number of ether oxygens (including phenoxy) is 1. The molecule has 21 heavy (non-hydrogen) atoms. The molecule has 0 aliphatic heterocycles. The summed E-state index contributed by atoms with van der Waals surface area (Å²) in [6.45, 7) is -0.172. The van der Waals surface area contributed by atoms with Gasteiger partial charge in [-0.2, -0.15) is 0 Å². The highest BCUT2D eigenvalue weighted by atomic mass is 19.1. The fourth-order valence-corrected chi connectivity index (χ4v) is 2.00. The molecule has 0 unspecified atom stereocenters. The SMILES string of the molecule is OCC[C@@H](Oc1ccccc1)[C@H](O)c1ccc(O)c(F)c1. The monoisotopic (exact) mass is 292 g/mol. The Balaban J connectivity index is 2.18. The van der Waals surface area contributed by atoms with Crippen molar-refractivity contribution in [3.05, 3.63) is 59.9 Å². The Morgan fingerprint density at radius 1 is 1.10 bits per heavy atom. The number of aliphatic hydroxyl groups is 2. The summed E-state index contributed by atoms with van der Waals surface area (Å²) in [4.78, 5) is 0. The lowest BCUT2D eigenvalue weighted by molar-refractivity contribution is 0.0203. The van der Waals surface area contributed by atoms with Crippen LogP contribution in [0.3, 0.4) is 0 Å². The van der Waals surface area contributed by atoms with Crippen molar-refractivity contribution in [2.45, 2.75) is 18.6 Å². The summed E-state index contributed by atoms with van der Waals surface area (Å²) in [6.07, 6.45) is -1.65. The van der Waals surface area contributed by atoms with Crippen molar-refractivity contribution in [3.63, 3.8) is 0 Å². The molecule has 0 radical (unpaired) electrons. The minimum Gasteiger partial charge on any atom is -0.505 e. The first-order valence-electron chi connectivity index (χ1n) is 6.61. The van der Waals surface area contributed by atoms with Crippen LogP contribution in [0.1, 0.15) is 18.1 Å². The highest BCUT2D eigenvalue weighted by molar-refractivity contribution is 5.30. The van der Waals surface area contributed by atoms with E-state index in [9.17, 15) is 14.6 Å². The summed E-state index contributed by atoms with van der Waals surface area (Å²) < 4.78 is 19.0. The van der Waals surface area contributed by atoms with Gasteiger partial charge in [-0.3, -0.25) is 0 Å². The van der Waals surface area contributed by atoms with Gasteiger partial charge in [-0.05, 0) is 29.8 Å². The first-order chi connectivity index (χ1) is 10.1. The van der Waals surface area contributed by atoms with Gasteiger partial charge in [-0.25, -0.2) is 4.39 Å². The predicted molar refractivity (Wildman–Crippen MR) is 75.6 cm³/mol. The van der Waals surface area contributed by atoms with Gasteiger partial charge in [-0.15, -0.1) is 0 Å². The van der Waals surface area contributed by atoms with Crippen LogP contribution in [0.4, 0.5) is 4.39 Å². The van der Waals surface area contributed by atoms with Gasteiger partial charge >= 0.3 is 0 Å². The van der Waals surface area contributed by atoms with Crippen LogP contribution >= 0.6 is 0 Å². The van der Waals surface area contributed by atoms with Gasteiger partial charge in [-0.1, -0.05) is 24.3 Å². The molecule has 5 heteroatoms. The molecule has 0 aromatic heterocycles. The molecule has 2 aromatic carbocycles.